The van der Waals surface area contributed by atoms with Gasteiger partial charge in [0, 0.05) is 23.5 Å². The van der Waals surface area contributed by atoms with Gasteiger partial charge in [0.2, 0.25) is 0 Å². The van der Waals surface area contributed by atoms with Crippen LogP contribution in [0.25, 0.3) is 5.70 Å². The van der Waals surface area contributed by atoms with Gasteiger partial charge in [0.15, 0.2) is 0 Å². The van der Waals surface area contributed by atoms with E-state index in [0.29, 0.717) is 5.69 Å². The van der Waals surface area contributed by atoms with Crippen molar-refractivity contribution in [3.05, 3.63) is 69.8 Å². The lowest BCUT2D eigenvalue weighted by molar-refractivity contribution is -0.384. The molecule has 0 aliphatic heterocycles. The lowest BCUT2D eigenvalue weighted by Gasteiger charge is -2.13. The van der Waals surface area contributed by atoms with Crippen molar-refractivity contribution in [1.29, 1.82) is 0 Å². The number of hydrogen-bond acceptors (Lipinski definition) is 4. The molecule has 1 N–H and O–H groups in total. The molecule has 1 aliphatic carbocycles. The number of nitro benzene ring substituents is 1. The van der Waals surface area contributed by atoms with Gasteiger partial charge >= 0.3 is 6.36 Å². The fourth-order valence-electron chi connectivity index (χ4n) is 2.31. The normalized spacial score (nSPS) is 13.3. The molecule has 3 rings (SSSR count). The Kier molecular flexibility index (Phi) is 4.35. The summed E-state index contributed by atoms with van der Waals surface area (Å²) < 4.78 is 40.4. The third kappa shape index (κ3) is 4.50. The summed E-state index contributed by atoms with van der Waals surface area (Å²) in [6.45, 7) is 0. The van der Waals surface area contributed by atoms with Crippen molar-refractivity contribution >= 4 is 17.1 Å². The molecule has 1 saturated carbocycles. The van der Waals surface area contributed by atoms with Crippen LogP contribution >= 0.6 is 0 Å². The van der Waals surface area contributed by atoms with Gasteiger partial charge in [-0.3, -0.25) is 10.1 Å². The number of nitrogens with one attached hydrogen (secondary N) is 1. The zero-order valence-corrected chi connectivity index (χ0v) is 12.8. The molecule has 0 radical (unpaired) electrons. The van der Waals surface area contributed by atoms with E-state index in [1.165, 1.54) is 36.4 Å². The van der Waals surface area contributed by atoms with Crippen LogP contribution in [0.1, 0.15) is 18.4 Å². The van der Waals surface area contributed by atoms with Crippen molar-refractivity contribution in [3.8, 4) is 5.75 Å². The Bertz CT molecular complexity index is 807. The smallest absolute Gasteiger partial charge is 0.406 e. The molecule has 0 atom stereocenters. The average molecular weight is 350 g/mol. The van der Waals surface area contributed by atoms with E-state index in [0.717, 1.165) is 29.7 Å². The van der Waals surface area contributed by atoms with Crippen molar-refractivity contribution in [3.63, 3.8) is 0 Å². The van der Waals surface area contributed by atoms with Crippen LogP contribution in [0.15, 0.2) is 54.1 Å². The fraction of sp³-hybridized carbons (Fsp3) is 0.176. The second-order valence-electron chi connectivity index (χ2n) is 5.48. The molecule has 8 heteroatoms. The van der Waals surface area contributed by atoms with E-state index in [9.17, 15) is 23.3 Å². The molecule has 0 unspecified atom stereocenters. The summed E-state index contributed by atoms with van der Waals surface area (Å²) in [4.78, 5) is 10.3. The third-order valence-corrected chi connectivity index (χ3v) is 3.58. The Morgan fingerprint density at radius 3 is 2.12 bits per heavy atom. The highest BCUT2D eigenvalue weighted by Gasteiger charge is 2.31. The molecule has 2 aromatic carbocycles. The van der Waals surface area contributed by atoms with Gasteiger partial charge < -0.3 is 10.1 Å². The molecule has 0 spiro atoms. The van der Waals surface area contributed by atoms with Crippen LogP contribution in [0.3, 0.4) is 0 Å². The molecule has 1 fully saturated rings. The van der Waals surface area contributed by atoms with E-state index < -0.39 is 11.3 Å². The largest absolute Gasteiger partial charge is 0.573 e. The van der Waals surface area contributed by atoms with Crippen molar-refractivity contribution < 1.29 is 22.8 Å². The summed E-state index contributed by atoms with van der Waals surface area (Å²) in [6.07, 6.45) is -2.90. The van der Waals surface area contributed by atoms with Gasteiger partial charge in [-0.05, 0) is 60.4 Å². The van der Waals surface area contributed by atoms with Crippen LogP contribution in [-0.4, -0.2) is 11.3 Å². The van der Waals surface area contributed by atoms with Gasteiger partial charge in [-0.1, -0.05) is 0 Å². The van der Waals surface area contributed by atoms with Gasteiger partial charge in [0.05, 0.1) is 4.92 Å². The fourth-order valence-corrected chi connectivity index (χ4v) is 2.31. The number of alkyl halides is 3. The molecule has 0 heterocycles. The Morgan fingerprint density at radius 1 is 1.04 bits per heavy atom. The molecule has 25 heavy (non-hydrogen) atoms. The zero-order chi connectivity index (χ0) is 18.0. The first-order valence-electron chi connectivity index (χ1n) is 7.41. The summed E-state index contributed by atoms with van der Waals surface area (Å²) in [6, 6.07) is 11.5. The molecular formula is C17H13F3N2O3. The van der Waals surface area contributed by atoms with Gasteiger partial charge in [-0.25, -0.2) is 0 Å². The Balaban J connectivity index is 1.77. The first-order chi connectivity index (χ1) is 11.8. The maximum Gasteiger partial charge on any atom is 0.573 e. The SMILES string of the molecule is O=[N+]([O-])c1ccc(C(Nc2ccc(OC(F)(F)F)cc2)=C2CC2)cc1. The minimum atomic E-state index is -4.73. The number of halogens is 3. The lowest BCUT2D eigenvalue weighted by atomic mass is 10.1. The highest BCUT2D eigenvalue weighted by Crippen LogP contribution is 2.37. The summed E-state index contributed by atoms with van der Waals surface area (Å²) in [5.41, 5.74) is 3.36. The first kappa shape index (κ1) is 16.8. The van der Waals surface area contributed by atoms with Gasteiger partial charge in [-0.2, -0.15) is 0 Å². The van der Waals surface area contributed by atoms with Crippen LogP contribution in [0.5, 0.6) is 5.75 Å². The van der Waals surface area contributed by atoms with E-state index in [1.807, 2.05) is 0 Å². The Hall–Kier alpha value is -3.03. The molecular weight excluding hydrogens is 337 g/mol. The summed E-state index contributed by atoms with van der Waals surface area (Å²) in [5, 5.41) is 13.9. The van der Waals surface area contributed by atoms with Crippen molar-refractivity contribution in [2.45, 2.75) is 19.2 Å². The summed E-state index contributed by atoms with van der Waals surface area (Å²) in [7, 11) is 0. The topological polar surface area (TPSA) is 64.4 Å². The van der Waals surface area contributed by atoms with Crippen LogP contribution < -0.4 is 10.1 Å². The van der Waals surface area contributed by atoms with E-state index in [1.54, 1.807) is 12.1 Å². The number of ether oxygens (including phenoxy) is 1. The molecule has 130 valence electrons. The Morgan fingerprint density at radius 2 is 1.64 bits per heavy atom. The number of allylic oxidation sites excluding steroid dienone is 1. The molecule has 0 aromatic heterocycles. The number of nitro groups is 1. The van der Waals surface area contributed by atoms with Crippen LogP contribution in [0.4, 0.5) is 24.5 Å². The van der Waals surface area contributed by atoms with Crippen molar-refractivity contribution in [1.82, 2.24) is 0 Å². The second kappa shape index (κ2) is 6.46. The standard InChI is InChI=1S/C17H13F3N2O3/c18-17(19,20)25-15-9-5-13(6-10-15)21-16(11-1-2-11)12-3-7-14(8-4-12)22(23)24/h3-10,21H,1-2H2. The molecule has 1 aliphatic rings. The highest BCUT2D eigenvalue weighted by molar-refractivity contribution is 5.81. The van der Waals surface area contributed by atoms with Gasteiger partial charge in [0.25, 0.3) is 5.69 Å². The maximum absolute atomic E-state index is 12.2. The lowest BCUT2D eigenvalue weighted by Crippen LogP contribution is -2.17. The maximum atomic E-state index is 12.2. The van der Waals surface area contributed by atoms with E-state index in [-0.39, 0.29) is 11.4 Å². The summed E-state index contributed by atoms with van der Waals surface area (Å²) in [5.74, 6) is -0.297. The average Bonchev–Trinajstić information content (AvgIpc) is 3.37. The quantitative estimate of drug-likeness (QED) is 0.601. The minimum absolute atomic E-state index is 0.00227. The number of rotatable bonds is 5. The minimum Gasteiger partial charge on any atom is -0.406 e. The Labute approximate surface area is 140 Å². The molecule has 0 bridgehead atoms. The van der Waals surface area contributed by atoms with E-state index in [4.69, 9.17) is 0 Å². The predicted octanol–water partition coefficient (Wildman–Crippen LogP) is 5.11. The molecule has 5 nitrogen and oxygen atoms in total. The van der Waals surface area contributed by atoms with Crippen molar-refractivity contribution in [2.24, 2.45) is 0 Å². The number of hydrogen-bond donors (Lipinski definition) is 1. The molecule has 0 saturated heterocycles. The van der Waals surface area contributed by atoms with E-state index >= 15 is 0 Å². The first-order valence-corrected chi connectivity index (χ1v) is 7.41. The third-order valence-electron chi connectivity index (χ3n) is 3.58. The highest BCUT2D eigenvalue weighted by atomic mass is 19.4. The summed E-state index contributed by atoms with van der Waals surface area (Å²) >= 11 is 0. The van der Waals surface area contributed by atoms with Gasteiger partial charge in [-0.15, -0.1) is 13.2 Å². The second-order valence-corrected chi connectivity index (χ2v) is 5.48. The number of benzene rings is 2. The van der Waals surface area contributed by atoms with Crippen LogP contribution in [-0.2, 0) is 0 Å². The zero-order valence-electron chi connectivity index (χ0n) is 12.8. The van der Waals surface area contributed by atoms with Crippen LogP contribution in [0.2, 0.25) is 0 Å². The molecule has 0 amide bonds. The number of non-ortho nitro benzene ring substituents is 1. The molecule has 2 aromatic rings. The van der Waals surface area contributed by atoms with Gasteiger partial charge in [0.1, 0.15) is 5.75 Å². The van der Waals surface area contributed by atoms with Crippen LogP contribution in [0, 0.1) is 10.1 Å². The van der Waals surface area contributed by atoms with Crippen molar-refractivity contribution in [2.75, 3.05) is 5.32 Å². The number of anilines is 1. The van der Waals surface area contributed by atoms with E-state index in [2.05, 4.69) is 10.1 Å². The monoisotopic (exact) mass is 350 g/mol. The predicted molar refractivity (Wildman–Crippen MR) is 86.0 cm³/mol. The number of nitrogens with zero attached hydrogens (tertiary/aromatic N) is 1.